The average Bonchev–Trinajstić information content (AvgIpc) is 3.04. The fourth-order valence-electron chi connectivity index (χ4n) is 2.15. The molecule has 8 heteroatoms. The maximum Gasteiger partial charge on any atom is 0.433 e. The fraction of sp³-hybridized carbons (Fsp3) is 0.375. The lowest BCUT2D eigenvalue weighted by atomic mass is 9.99. The number of halogens is 3. The van der Waals surface area contributed by atoms with Crippen molar-refractivity contribution < 1.29 is 18.0 Å². The van der Waals surface area contributed by atoms with Gasteiger partial charge in [0.2, 0.25) is 5.91 Å². The van der Waals surface area contributed by atoms with Crippen molar-refractivity contribution in [3.8, 4) is 5.69 Å². The van der Waals surface area contributed by atoms with E-state index in [-0.39, 0.29) is 17.5 Å². The van der Waals surface area contributed by atoms with E-state index in [2.05, 4.69) is 10.4 Å². The van der Waals surface area contributed by atoms with Gasteiger partial charge in [0.25, 0.3) is 0 Å². The Balaban J connectivity index is 2.15. The molecule has 0 saturated carbocycles. The largest absolute Gasteiger partial charge is 0.433 e. The van der Waals surface area contributed by atoms with Gasteiger partial charge in [-0.25, -0.2) is 4.68 Å². The van der Waals surface area contributed by atoms with Crippen LogP contribution in [0, 0.1) is 5.92 Å². The van der Waals surface area contributed by atoms with E-state index < -0.39 is 17.9 Å². The zero-order valence-corrected chi connectivity index (χ0v) is 13.3. The maximum absolute atomic E-state index is 12.9. The number of rotatable bonds is 5. The van der Waals surface area contributed by atoms with Gasteiger partial charge in [0.1, 0.15) is 5.69 Å². The smallest absolute Gasteiger partial charge is 0.325 e. The van der Waals surface area contributed by atoms with Crippen molar-refractivity contribution in [2.45, 2.75) is 32.5 Å². The Bertz CT molecular complexity index is 694. The number of anilines is 1. The standard InChI is InChI=1S/C16H19F3N4O/c1-3-10(2)14(20)15(24)22-11-4-6-12(7-5-11)23-13(8-9-21-23)16(17,18)19/h4-10,14H,3,20H2,1-2H3,(H,22,24). The molecule has 2 rings (SSSR count). The summed E-state index contributed by atoms with van der Waals surface area (Å²) in [5.41, 5.74) is 5.69. The first-order valence-electron chi connectivity index (χ1n) is 7.52. The number of alkyl halides is 3. The molecular formula is C16H19F3N4O. The van der Waals surface area contributed by atoms with Crippen LogP contribution < -0.4 is 11.1 Å². The van der Waals surface area contributed by atoms with E-state index >= 15 is 0 Å². The van der Waals surface area contributed by atoms with E-state index in [9.17, 15) is 18.0 Å². The summed E-state index contributed by atoms with van der Waals surface area (Å²) < 4.78 is 39.5. The van der Waals surface area contributed by atoms with E-state index in [0.717, 1.165) is 23.4 Å². The molecular weight excluding hydrogens is 321 g/mol. The monoisotopic (exact) mass is 340 g/mol. The highest BCUT2D eigenvalue weighted by Gasteiger charge is 2.35. The molecule has 0 aliphatic rings. The third-order valence-electron chi connectivity index (χ3n) is 3.87. The third kappa shape index (κ3) is 3.94. The molecule has 0 radical (unpaired) electrons. The second kappa shape index (κ2) is 7.04. The highest BCUT2D eigenvalue weighted by Crippen LogP contribution is 2.30. The highest BCUT2D eigenvalue weighted by molar-refractivity contribution is 5.94. The Morgan fingerprint density at radius 3 is 2.46 bits per heavy atom. The summed E-state index contributed by atoms with van der Waals surface area (Å²) in [6, 6.07) is 6.19. The Morgan fingerprint density at radius 2 is 1.92 bits per heavy atom. The molecule has 1 aromatic carbocycles. The number of nitrogens with one attached hydrogen (secondary N) is 1. The Morgan fingerprint density at radius 1 is 1.29 bits per heavy atom. The van der Waals surface area contributed by atoms with Gasteiger partial charge in [0.15, 0.2) is 0 Å². The van der Waals surface area contributed by atoms with Crippen LogP contribution in [0.15, 0.2) is 36.5 Å². The number of amides is 1. The molecule has 1 heterocycles. The first-order chi connectivity index (χ1) is 11.2. The number of benzene rings is 1. The van der Waals surface area contributed by atoms with Gasteiger partial charge in [0, 0.05) is 5.69 Å². The number of nitrogens with zero attached hydrogens (tertiary/aromatic N) is 2. The van der Waals surface area contributed by atoms with Crippen LogP contribution in [0.2, 0.25) is 0 Å². The van der Waals surface area contributed by atoms with Crippen molar-refractivity contribution in [3.63, 3.8) is 0 Å². The molecule has 130 valence electrons. The molecule has 2 unspecified atom stereocenters. The van der Waals surface area contributed by atoms with Gasteiger partial charge in [0.05, 0.1) is 17.9 Å². The maximum atomic E-state index is 12.9. The van der Waals surface area contributed by atoms with Crippen molar-refractivity contribution in [1.29, 1.82) is 0 Å². The second-order valence-corrected chi connectivity index (χ2v) is 5.57. The molecule has 1 aromatic heterocycles. The Hall–Kier alpha value is -2.35. The lowest BCUT2D eigenvalue weighted by Crippen LogP contribution is -2.40. The summed E-state index contributed by atoms with van der Waals surface area (Å²) in [6.07, 6.45) is -2.64. The normalized spacial score (nSPS) is 14.2. The van der Waals surface area contributed by atoms with Crippen LogP contribution >= 0.6 is 0 Å². The minimum absolute atomic E-state index is 0.0303. The average molecular weight is 340 g/mol. The predicted molar refractivity (Wildman–Crippen MR) is 84.6 cm³/mol. The van der Waals surface area contributed by atoms with Gasteiger partial charge in [-0.15, -0.1) is 0 Å². The van der Waals surface area contributed by atoms with E-state index in [1.165, 1.54) is 24.3 Å². The SMILES string of the molecule is CCC(C)C(N)C(=O)Nc1ccc(-n2nccc2C(F)(F)F)cc1. The highest BCUT2D eigenvalue weighted by atomic mass is 19.4. The van der Waals surface area contributed by atoms with Crippen LogP contribution in [0.1, 0.15) is 26.0 Å². The van der Waals surface area contributed by atoms with Crippen molar-refractivity contribution in [2.75, 3.05) is 5.32 Å². The third-order valence-corrected chi connectivity index (χ3v) is 3.87. The molecule has 2 aromatic rings. The topological polar surface area (TPSA) is 72.9 Å². The van der Waals surface area contributed by atoms with Crippen LogP contribution in [0.5, 0.6) is 0 Å². The molecule has 0 aliphatic heterocycles. The Kier molecular flexibility index (Phi) is 5.28. The van der Waals surface area contributed by atoms with Crippen molar-refractivity contribution in [3.05, 3.63) is 42.2 Å². The number of hydrogen-bond donors (Lipinski definition) is 2. The van der Waals surface area contributed by atoms with Gasteiger partial charge >= 0.3 is 6.18 Å². The molecule has 1 amide bonds. The summed E-state index contributed by atoms with van der Waals surface area (Å²) in [4.78, 5) is 12.0. The van der Waals surface area contributed by atoms with Gasteiger partial charge < -0.3 is 11.1 Å². The van der Waals surface area contributed by atoms with Crippen molar-refractivity contribution >= 4 is 11.6 Å². The summed E-state index contributed by atoms with van der Waals surface area (Å²) in [7, 11) is 0. The van der Waals surface area contributed by atoms with Gasteiger partial charge in [-0.3, -0.25) is 4.79 Å². The van der Waals surface area contributed by atoms with Gasteiger partial charge in [-0.05, 0) is 36.2 Å². The first kappa shape index (κ1) is 18.0. The van der Waals surface area contributed by atoms with Crippen molar-refractivity contribution in [2.24, 2.45) is 11.7 Å². The number of carbonyl (C=O) groups is 1. The molecule has 0 saturated heterocycles. The molecule has 3 N–H and O–H groups in total. The van der Waals surface area contributed by atoms with E-state index in [4.69, 9.17) is 5.73 Å². The zero-order chi connectivity index (χ0) is 17.9. The molecule has 24 heavy (non-hydrogen) atoms. The van der Waals surface area contributed by atoms with Crippen LogP contribution in [0.3, 0.4) is 0 Å². The second-order valence-electron chi connectivity index (χ2n) is 5.57. The van der Waals surface area contributed by atoms with E-state index in [0.29, 0.717) is 5.69 Å². The number of hydrogen-bond acceptors (Lipinski definition) is 3. The van der Waals surface area contributed by atoms with Crippen LogP contribution in [0.25, 0.3) is 5.69 Å². The predicted octanol–water partition coefficient (Wildman–Crippen LogP) is 3.20. The lowest BCUT2D eigenvalue weighted by molar-refractivity contribution is -0.142. The van der Waals surface area contributed by atoms with Gasteiger partial charge in [-0.1, -0.05) is 20.3 Å². The number of aromatic nitrogens is 2. The first-order valence-corrected chi connectivity index (χ1v) is 7.52. The zero-order valence-electron chi connectivity index (χ0n) is 13.3. The van der Waals surface area contributed by atoms with Crippen LogP contribution in [-0.4, -0.2) is 21.7 Å². The minimum atomic E-state index is -4.49. The molecule has 0 bridgehead atoms. The lowest BCUT2D eigenvalue weighted by Gasteiger charge is -2.18. The molecule has 5 nitrogen and oxygen atoms in total. The molecule has 0 spiro atoms. The minimum Gasteiger partial charge on any atom is -0.325 e. The summed E-state index contributed by atoms with van der Waals surface area (Å²) in [6.45, 7) is 3.82. The van der Waals surface area contributed by atoms with Crippen LogP contribution in [-0.2, 0) is 11.0 Å². The summed E-state index contributed by atoms with van der Waals surface area (Å²) in [5.74, 6) is -0.296. The molecule has 0 fully saturated rings. The summed E-state index contributed by atoms with van der Waals surface area (Å²) >= 11 is 0. The van der Waals surface area contributed by atoms with E-state index in [1.54, 1.807) is 0 Å². The van der Waals surface area contributed by atoms with E-state index in [1.807, 2.05) is 13.8 Å². The van der Waals surface area contributed by atoms with Crippen LogP contribution in [0.4, 0.5) is 18.9 Å². The molecule has 2 atom stereocenters. The van der Waals surface area contributed by atoms with Gasteiger partial charge in [-0.2, -0.15) is 18.3 Å². The Labute approximate surface area is 137 Å². The quantitative estimate of drug-likeness (QED) is 0.878. The molecule has 0 aliphatic carbocycles. The number of nitrogens with two attached hydrogens (primary N) is 1. The fourth-order valence-corrected chi connectivity index (χ4v) is 2.15. The summed E-state index contributed by atoms with van der Waals surface area (Å²) in [5, 5.41) is 6.35. The number of carbonyl (C=O) groups excluding carboxylic acids is 1. The van der Waals surface area contributed by atoms with Crippen molar-refractivity contribution in [1.82, 2.24) is 9.78 Å².